The molecular weight excluding hydrogens is 296 g/mol. The Bertz CT molecular complexity index is 502. The van der Waals surface area contributed by atoms with Crippen molar-refractivity contribution in [3.63, 3.8) is 0 Å². The summed E-state index contributed by atoms with van der Waals surface area (Å²) in [7, 11) is 0. The van der Waals surface area contributed by atoms with Gasteiger partial charge in [0.15, 0.2) is 11.8 Å². The number of morpholine rings is 1. The van der Waals surface area contributed by atoms with Crippen LogP contribution >= 0.6 is 0 Å². The highest BCUT2D eigenvalue weighted by Gasteiger charge is 2.21. The van der Waals surface area contributed by atoms with E-state index in [9.17, 15) is 0 Å². The number of guanidine groups is 1. The normalized spacial score (nSPS) is 17.4. The lowest BCUT2D eigenvalue weighted by Crippen LogP contribution is -2.39. The van der Waals surface area contributed by atoms with Crippen LogP contribution in [0.3, 0.4) is 0 Å². The van der Waals surface area contributed by atoms with Crippen molar-refractivity contribution >= 4 is 5.96 Å². The van der Waals surface area contributed by atoms with E-state index in [0.29, 0.717) is 24.2 Å². The highest BCUT2D eigenvalue weighted by atomic mass is 16.5. The van der Waals surface area contributed by atoms with Gasteiger partial charge in [-0.2, -0.15) is 4.98 Å². The lowest BCUT2D eigenvalue weighted by molar-refractivity contribution is 0.0376. The maximum absolute atomic E-state index is 5.85. The molecule has 8 heteroatoms. The van der Waals surface area contributed by atoms with E-state index in [0.717, 1.165) is 45.8 Å². The van der Waals surface area contributed by atoms with E-state index < -0.39 is 0 Å². The molecule has 1 saturated heterocycles. The molecule has 130 valence electrons. The molecule has 1 aliphatic rings. The molecule has 0 bridgehead atoms. The molecule has 0 amide bonds. The number of aliphatic imine (C=N–C) groups is 1. The van der Waals surface area contributed by atoms with Gasteiger partial charge in [0.25, 0.3) is 0 Å². The summed E-state index contributed by atoms with van der Waals surface area (Å²) in [6.45, 7) is 11.9. The van der Waals surface area contributed by atoms with Crippen molar-refractivity contribution in [2.45, 2.75) is 39.2 Å². The number of ether oxygens (including phenoxy) is 1. The molecule has 0 radical (unpaired) electrons. The third-order valence-electron chi connectivity index (χ3n) is 3.56. The van der Waals surface area contributed by atoms with E-state index >= 15 is 0 Å². The largest absolute Gasteiger partial charge is 0.379 e. The number of hydrogen-bond acceptors (Lipinski definition) is 6. The second kappa shape index (κ2) is 8.26. The first-order chi connectivity index (χ1) is 10.9. The predicted molar refractivity (Wildman–Crippen MR) is 88.2 cm³/mol. The highest BCUT2D eigenvalue weighted by Crippen LogP contribution is 2.19. The minimum absolute atomic E-state index is 0.155. The van der Waals surface area contributed by atoms with Crippen LogP contribution in [0.15, 0.2) is 9.52 Å². The Morgan fingerprint density at radius 3 is 2.74 bits per heavy atom. The second-order valence-electron chi connectivity index (χ2n) is 6.70. The minimum Gasteiger partial charge on any atom is -0.379 e. The minimum atomic E-state index is -0.155. The molecule has 23 heavy (non-hydrogen) atoms. The molecule has 1 aromatic rings. The van der Waals surface area contributed by atoms with Crippen LogP contribution in [-0.4, -0.2) is 60.4 Å². The van der Waals surface area contributed by atoms with Crippen molar-refractivity contribution in [3.05, 3.63) is 11.7 Å². The van der Waals surface area contributed by atoms with Crippen molar-refractivity contribution in [1.29, 1.82) is 0 Å². The number of nitrogens with one attached hydrogen (secondary N) is 1. The van der Waals surface area contributed by atoms with Gasteiger partial charge in [0.1, 0.15) is 6.54 Å². The average Bonchev–Trinajstić information content (AvgIpc) is 3.00. The van der Waals surface area contributed by atoms with Crippen molar-refractivity contribution in [2.24, 2.45) is 10.7 Å². The fourth-order valence-corrected chi connectivity index (χ4v) is 2.18. The molecule has 1 fully saturated rings. The van der Waals surface area contributed by atoms with Gasteiger partial charge in [-0.1, -0.05) is 25.9 Å². The molecule has 1 aromatic heterocycles. The number of rotatable bonds is 6. The number of nitrogens with two attached hydrogens (primary N) is 1. The zero-order valence-electron chi connectivity index (χ0n) is 14.3. The smallest absolute Gasteiger partial charge is 0.232 e. The summed E-state index contributed by atoms with van der Waals surface area (Å²) in [5, 5.41) is 7.03. The maximum Gasteiger partial charge on any atom is 0.232 e. The third kappa shape index (κ3) is 6.15. The third-order valence-corrected chi connectivity index (χ3v) is 3.56. The summed E-state index contributed by atoms with van der Waals surface area (Å²) >= 11 is 0. The Balaban J connectivity index is 1.65. The second-order valence-corrected chi connectivity index (χ2v) is 6.70. The van der Waals surface area contributed by atoms with Crippen molar-refractivity contribution in [2.75, 3.05) is 39.4 Å². The molecule has 0 atom stereocenters. The van der Waals surface area contributed by atoms with E-state index in [1.807, 2.05) is 20.8 Å². The van der Waals surface area contributed by atoms with Gasteiger partial charge in [-0.15, -0.1) is 0 Å². The topological polar surface area (TPSA) is 102 Å². The molecule has 0 aromatic carbocycles. The maximum atomic E-state index is 5.85. The molecule has 2 heterocycles. The van der Waals surface area contributed by atoms with Gasteiger partial charge in [-0.05, 0) is 13.0 Å². The molecule has 2 rings (SSSR count). The zero-order chi connectivity index (χ0) is 16.7. The van der Waals surface area contributed by atoms with Crippen molar-refractivity contribution < 1.29 is 9.26 Å². The first-order valence-electron chi connectivity index (χ1n) is 8.12. The Morgan fingerprint density at radius 2 is 2.09 bits per heavy atom. The Kier molecular flexibility index (Phi) is 6.35. The summed E-state index contributed by atoms with van der Waals surface area (Å²) in [6.07, 6.45) is 1.02. The fraction of sp³-hybridized carbons (Fsp3) is 0.800. The van der Waals surface area contributed by atoms with Crippen LogP contribution in [0, 0.1) is 0 Å². The van der Waals surface area contributed by atoms with E-state index in [-0.39, 0.29) is 5.41 Å². The van der Waals surface area contributed by atoms with Gasteiger partial charge in [0, 0.05) is 25.0 Å². The molecule has 0 spiro atoms. The predicted octanol–water partition coefficient (Wildman–Crippen LogP) is 0.494. The van der Waals surface area contributed by atoms with E-state index in [1.165, 1.54) is 0 Å². The summed E-state index contributed by atoms with van der Waals surface area (Å²) < 4.78 is 10.5. The molecule has 0 unspecified atom stereocenters. The fourth-order valence-electron chi connectivity index (χ4n) is 2.18. The first kappa shape index (κ1) is 17.7. The Morgan fingerprint density at radius 1 is 1.35 bits per heavy atom. The molecular formula is C15H28N6O2. The molecule has 3 N–H and O–H groups in total. The SMILES string of the molecule is CC(C)(C)c1nc(CN=C(N)NCCCN2CCOCC2)no1. The van der Waals surface area contributed by atoms with Crippen molar-refractivity contribution in [3.8, 4) is 0 Å². The number of nitrogens with zero attached hydrogens (tertiary/aromatic N) is 4. The Hall–Kier alpha value is -1.67. The summed E-state index contributed by atoms with van der Waals surface area (Å²) in [5.41, 5.74) is 5.70. The highest BCUT2D eigenvalue weighted by molar-refractivity contribution is 5.77. The van der Waals surface area contributed by atoms with Crippen LogP contribution in [-0.2, 0) is 16.7 Å². The van der Waals surface area contributed by atoms with Gasteiger partial charge in [-0.25, -0.2) is 4.99 Å². The molecule has 8 nitrogen and oxygen atoms in total. The average molecular weight is 324 g/mol. The molecule has 1 aliphatic heterocycles. The number of aromatic nitrogens is 2. The van der Waals surface area contributed by atoms with E-state index in [1.54, 1.807) is 0 Å². The summed E-state index contributed by atoms with van der Waals surface area (Å²) in [6, 6.07) is 0. The first-order valence-corrected chi connectivity index (χ1v) is 8.12. The van der Waals surface area contributed by atoms with Crippen LogP contribution < -0.4 is 11.1 Å². The summed E-state index contributed by atoms with van der Waals surface area (Å²) in [4.78, 5) is 11.0. The van der Waals surface area contributed by atoms with Crippen molar-refractivity contribution in [1.82, 2.24) is 20.4 Å². The van der Waals surface area contributed by atoms with Gasteiger partial charge in [-0.3, -0.25) is 4.90 Å². The van der Waals surface area contributed by atoms with Crippen LogP contribution in [0.5, 0.6) is 0 Å². The van der Waals surface area contributed by atoms with Crippen LogP contribution in [0.25, 0.3) is 0 Å². The van der Waals surface area contributed by atoms with Gasteiger partial charge in [0.05, 0.1) is 13.2 Å². The van der Waals surface area contributed by atoms with E-state index in [4.69, 9.17) is 15.0 Å². The van der Waals surface area contributed by atoms with Gasteiger partial charge < -0.3 is 20.3 Å². The van der Waals surface area contributed by atoms with E-state index in [2.05, 4.69) is 25.3 Å². The molecule has 0 aliphatic carbocycles. The quantitative estimate of drug-likeness (QED) is 0.446. The number of hydrogen-bond donors (Lipinski definition) is 2. The monoisotopic (exact) mass is 324 g/mol. The lowest BCUT2D eigenvalue weighted by atomic mass is 9.97. The van der Waals surface area contributed by atoms with Crippen LogP contribution in [0.4, 0.5) is 0 Å². The Labute approximate surface area is 137 Å². The zero-order valence-corrected chi connectivity index (χ0v) is 14.3. The van der Waals surface area contributed by atoms with Crippen LogP contribution in [0.2, 0.25) is 0 Å². The van der Waals surface area contributed by atoms with Crippen LogP contribution in [0.1, 0.15) is 38.9 Å². The molecule has 0 saturated carbocycles. The lowest BCUT2D eigenvalue weighted by Gasteiger charge is -2.26. The van der Waals surface area contributed by atoms with Gasteiger partial charge >= 0.3 is 0 Å². The van der Waals surface area contributed by atoms with Gasteiger partial charge in [0.2, 0.25) is 5.89 Å². The standard InChI is InChI=1S/C15H28N6O2/c1-15(2,3)13-19-12(20-23-13)11-18-14(16)17-5-4-6-21-7-9-22-10-8-21/h4-11H2,1-3H3,(H3,16,17,18). The summed E-state index contributed by atoms with van der Waals surface area (Å²) in [5.74, 6) is 1.57.